The highest BCUT2D eigenvalue weighted by molar-refractivity contribution is 7.08. The molecule has 23 heavy (non-hydrogen) atoms. The van der Waals surface area contributed by atoms with E-state index >= 15 is 0 Å². The highest BCUT2D eigenvalue weighted by Gasteiger charge is 2.39. The maximum absolute atomic E-state index is 13.0. The first-order valence-corrected chi connectivity index (χ1v) is 9.94. The van der Waals surface area contributed by atoms with E-state index in [0.717, 1.165) is 25.2 Å². The van der Waals surface area contributed by atoms with Gasteiger partial charge in [0.1, 0.15) is 12.1 Å². The minimum Gasteiger partial charge on any atom is -0.459 e. The Morgan fingerprint density at radius 3 is 2.57 bits per heavy atom. The zero-order valence-corrected chi connectivity index (χ0v) is 14.5. The Morgan fingerprint density at radius 2 is 1.96 bits per heavy atom. The molecule has 0 aliphatic carbocycles. The molecule has 0 amide bonds. The molecule has 4 aliphatic rings. The van der Waals surface area contributed by atoms with Gasteiger partial charge in [-0.3, -0.25) is 9.80 Å². The predicted octanol–water partition coefficient (Wildman–Crippen LogP) is 2.91. The predicted molar refractivity (Wildman–Crippen MR) is 91.5 cm³/mol. The van der Waals surface area contributed by atoms with Crippen molar-refractivity contribution in [1.82, 2.24) is 9.80 Å². The standard InChI is InChI=1S/C18H26N2O2S/c21-18(22-16-12-19-9-4-14(16)5-10-19)17(15-6-11-23-13-15)20-7-2-1-3-8-20/h6,11,13-14,16-17H,1-5,7-10,12H2. The number of rotatable bonds is 4. The molecule has 2 unspecified atom stereocenters. The average molecular weight is 334 g/mol. The molecule has 4 aliphatic heterocycles. The Kier molecular flexibility index (Phi) is 4.69. The van der Waals surface area contributed by atoms with E-state index in [4.69, 9.17) is 4.74 Å². The minimum atomic E-state index is -0.197. The van der Waals surface area contributed by atoms with Crippen LogP contribution in [-0.4, -0.2) is 54.6 Å². The van der Waals surface area contributed by atoms with Crippen molar-refractivity contribution in [3.8, 4) is 0 Å². The SMILES string of the molecule is O=C(OC1CN2CCC1CC2)C(c1ccsc1)N1CCCCC1. The maximum Gasteiger partial charge on any atom is 0.328 e. The second-order valence-electron chi connectivity index (χ2n) is 7.17. The smallest absolute Gasteiger partial charge is 0.328 e. The topological polar surface area (TPSA) is 32.8 Å². The van der Waals surface area contributed by atoms with Crippen molar-refractivity contribution in [3.05, 3.63) is 22.4 Å². The molecule has 2 bridgehead atoms. The lowest BCUT2D eigenvalue weighted by atomic mass is 9.86. The summed E-state index contributed by atoms with van der Waals surface area (Å²) < 4.78 is 6.05. The van der Waals surface area contributed by atoms with Gasteiger partial charge in [0.05, 0.1) is 0 Å². The van der Waals surface area contributed by atoms with E-state index in [1.165, 1.54) is 45.2 Å². The van der Waals surface area contributed by atoms with E-state index in [1.54, 1.807) is 11.3 Å². The molecule has 0 radical (unpaired) electrons. The number of fused-ring (bicyclic) bond motifs is 3. The van der Waals surface area contributed by atoms with Gasteiger partial charge >= 0.3 is 5.97 Å². The molecule has 4 fully saturated rings. The molecular weight excluding hydrogens is 308 g/mol. The van der Waals surface area contributed by atoms with E-state index < -0.39 is 0 Å². The van der Waals surface area contributed by atoms with Crippen LogP contribution in [0.2, 0.25) is 0 Å². The molecule has 0 spiro atoms. The van der Waals surface area contributed by atoms with Crippen LogP contribution < -0.4 is 0 Å². The first kappa shape index (κ1) is 15.6. The van der Waals surface area contributed by atoms with Crippen molar-refractivity contribution < 1.29 is 9.53 Å². The van der Waals surface area contributed by atoms with Crippen molar-refractivity contribution in [1.29, 1.82) is 0 Å². The summed E-state index contributed by atoms with van der Waals surface area (Å²) in [5.74, 6) is 0.553. The minimum absolute atomic E-state index is 0.0240. The van der Waals surface area contributed by atoms with Crippen molar-refractivity contribution in [3.63, 3.8) is 0 Å². The number of carbonyl (C=O) groups is 1. The zero-order chi connectivity index (χ0) is 15.6. The quantitative estimate of drug-likeness (QED) is 0.793. The summed E-state index contributed by atoms with van der Waals surface area (Å²) >= 11 is 1.66. The van der Waals surface area contributed by atoms with E-state index in [-0.39, 0.29) is 18.1 Å². The second-order valence-corrected chi connectivity index (χ2v) is 7.95. The normalized spacial score (nSPS) is 32.6. The van der Waals surface area contributed by atoms with Crippen molar-refractivity contribution in [2.75, 3.05) is 32.7 Å². The average Bonchev–Trinajstić information content (AvgIpc) is 3.11. The summed E-state index contributed by atoms with van der Waals surface area (Å²) in [7, 11) is 0. The highest BCUT2D eigenvalue weighted by Crippen LogP contribution is 2.33. The number of esters is 1. The molecule has 0 saturated carbocycles. The number of thiophene rings is 1. The molecule has 5 heterocycles. The van der Waals surface area contributed by atoms with Gasteiger partial charge in [-0.15, -0.1) is 0 Å². The van der Waals surface area contributed by atoms with Crippen LogP contribution in [0, 0.1) is 5.92 Å². The molecule has 1 aromatic heterocycles. The summed E-state index contributed by atoms with van der Waals surface area (Å²) in [6, 6.07) is 1.89. The number of hydrogen-bond acceptors (Lipinski definition) is 5. The molecule has 5 heteroatoms. The van der Waals surface area contributed by atoms with Crippen LogP contribution in [0.15, 0.2) is 16.8 Å². The summed E-state index contributed by atoms with van der Waals surface area (Å²) in [5, 5.41) is 4.17. The molecule has 4 nitrogen and oxygen atoms in total. The third-order valence-electron chi connectivity index (χ3n) is 5.70. The molecule has 2 atom stereocenters. The van der Waals surface area contributed by atoms with Gasteiger partial charge in [-0.25, -0.2) is 4.79 Å². The largest absolute Gasteiger partial charge is 0.459 e. The van der Waals surface area contributed by atoms with Crippen LogP contribution in [-0.2, 0) is 9.53 Å². The van der Waals surface area contributed by atoms with Gasteiger partial charge in [0.2, 0.25) is 0 Å². The summed E-state index contributed by atoms with van der Waals surface area (Å²) in [5.41, 5.74) is 1.11. The van der Waals surface area contributed by atoms with E-state index in [9.17, 15) is 4.79 Å². The van der Waals surface area contributed by atoms with E-state index in [1.807, 2.05) is 0 Å². The molecule has 0 N–H and O–H groups in total. The Morgan fingerprint density at radius 1 is 1.17 bits per heavy atom. The van der Waals surface area contributed by atoms with Crippen LogP contribution in [0.3, 0.4) is 0 Å². The lowest BCUT2D eigenvalue weighted by Crippen LogP contribution is -2.52. The highest BCUT2D eigenvalue weighted by atomic mass is 32.1. The fraction of sp³-hybridized carbons (Fsp3) is 0.722. The van der Waals surface area contributed by atoms with Crippen LogP contribution in [0.4, 0.5) is 0 Å². The summed E-state index contributed by atoms with van der Waals surface area (Å²) in [6.45, 7) is 5.32. The Bertz CT molecular complexity index is 519. The zero-order valence-electron chi connectivity index (χ0n) is 13.7. The van der Waals surface area contributed by atoms with Crippen molar-refractivity contribution in [2.45, 2.75) is 44.2 Å². The van der Waals surface area contributed by atoms with Gasteiger partial charge in [0.15, 0.2) is 0 Å². The van der Waals surface area contributed by atoms with Gasteiger partial charge in [-0.2, -0.15) is 11.3 Å². The number of carbonyl (C=O) groups excluding carboxylic acids is 1. The van der Waals surface area contributed by atoms with Gasteiger partial charge in [0.25, 0.3) is 0 Å². The van der Waals surface area contributed by atoms with Gasteiger partial charge in [-0.05, 0) is 80.2 Å². The van der Waals surface area contributed by atoms with Gasteiger partial charge in [0, 0.05) is 6.54 Å². The van der Waals surface area contributed by atoms with Crippen LogP contribution in [0.5, 0.6) is 0 Å². The fourth-order valence-electron chi connectivity index (χ4n) is 4.36. The molecule has 0 aromatic carbocycles. The van der Waals surface area contributed by atoms with Gasteiger partial charge < -0.3 is 4.74 Å². The third-order valence-corrected chi connectivity index (χ3v) is 6.40. The number of piperidine rings is 4. The number of ether oxygens (including phenoxy) is 1. The molecule has 1 aromatic rings. The van der Waals surface area contributed by atoms with Crippen LogP contribution >= 0.6 is 11.3 Å². The van der Waals surface area contributed by atoms with Crippen molar-refractivity contribution >= 4 is 17.3 Å². The first-order valence-electron chi connectivity index (χ1n) is 9.00. The first-order chi connectivity index (χ1) is 11.3. The molecule has 4 saturated heterocycles. The summed E-state index contributed by atoms with van der Waals surface area (Å²) in [6.07, 6.45) is 6.13. The maximum atomic E-state index is 13.0. The monoisotopic (exact) mass is 334 g/mol. The second kappa shape index (κ2) is 6.91. The van der Waals surface area contributed by atoms with E-state index in [2.05, 4.69) is 26.6 Å². The Labute approximate surface area is 142 Å². The Hall–Kier alpha value is -0.910. The number of nitrogens with zero attached hydrogens (tertiary/aromatic N) is 2. The van der Waals surface area contributed by atoms with Gasteiger partial charge in [-0.1, -0.05) is 6.42 Å². The summed E-state index contributed by atoms with van der Waals surface area (Å²) in [4.78, 5) is 17.8. The van der Waals surface area contributed by atoms with E-state index in [0.29, 0.717) is 5.92 Å². The Balaban J connectivity index is 1.48. The van der Waals surface area contributed by atoms with Crippen molar-refractivity contribution in [2.24, 2.45) is 5.92 Å². The number of hydrogen-bond donors (Lipinski definition) is 0. The molecule has 5 rings (SSSR count). The van der Waals surface area contributed by atoms with Crippen LogP contribution in [0.25, 0.3) is 0 Å². The lowest BCUT2D eigenvalue weighted by Gasteiger charge is -2.44. The molecule has 126 valence electrons. The number of likely N-dealkylation sites (tertiary alicyclic amines) is 1. The lowest BCUT2D eigenvalue weighted by molar-refractivity contribution is -0.166. The third kappa shape index (κ3) is 3.32. The molecular formula is C18H26N2O2S. The van der Waals surface area contributed by atoms with Crippen LogP contribution in [0.1, 0.15) is 43.7 Å². The fourth-order valence-corrected chi connectivity index (χ4v) is 5.04.